The van der Waals surface area contributed by atoms with Crippen molar-refractivity contribution in [2.45, 2.75) is 19.9 Å². The first-order chi connectivity index (χ1) is 4.65. The van der Waals surface area contributed by atoms with Gasteiger partial charge in [0.25, 0.3) is 0 Å². The molecule has 0 aliphatic rings. The number of rotatable bonds is 3. The number of hydrogen-bond donors (Lipinski definition) is 1. The normalized spacial score (nSPS) is 9.00. The topological polar surface area (TPSA) is 44.5 Å². The molecule has 0 aromatic rings. The number of ether oxygens (including phenoxy) is 2. The van der Waals surface area contributed by atoms with Gasteiger partial charge in [-0.2, -0.15) is 0 Å². The van der Waals surface area contributed by atoms with Crippen LogP contribution in [0.4, 0.5) is 0 Å². The number of methoxy groups -OCH3 is 2. The van der Waals surface area contributed by atoms with Gasteiger partial charge in [0.2, 0.25) is 0 Å². The van der Waals surface area contributed by atoms with Crippen LogP contribution in [0.15, 0.2) is 0 Å². The maximum atomic E-state index is 5.11. The van der Waals surface area contributed by atoms with Crippen molar-refractivity contribution in [1.29, 1.82) is 0 Å². The van der Waals surface area contributed by atoms with Gasteiger partial charge in [0.15, 0.2) is 0 Å². The molecule has 0 saturated heterocycles. The lowest BCUT2D eigenvalue weighted by Crippen LogP contribution is -2.06. The first-order valence-corrected chi connectivity index (χ1v) is 3.38. The molecule has 0 aliphatic heterocycles. The molecule has 0 unspecified atom stereocenters. The van der Waals surface area contributed by atoms with Crippen LogP contribution in [-0.4, -0.2) is 33.5 Å². The third kappa shape index (κ3) is 45.0. The Hall–Kier alpha value is -0.120. The maximum absolute atomic E-state index is 5.11. The summed E-state index contributed by atoms with van der Waals surface area (Å²) in [6.07, 6.45) is 0. The summed E-state index contributed by atoms with van der Waals surface area (Å²) in [4.78, 5) is 0. The van der Waals surface area contributed by atoms with Crippen LogP contribution >= 0.6 is 0 Å². The fourth-order valence-electron chi connectivity index (χ4n) is 0.167. The van der Waals surface area contributed by atoms with Gasteiger partial charge in [-0.1, -0.05) is 13.8 Å². The molecule has 0 aromatic carbocycles. The van der Waals surface area contributed by atoms with Crippen LogP contribution in [0.25, 0.3) is 0 Å². The molecule has 0 rings (SSSR count). The molecule has 0 saturated carbocycles. The Morgan fingerprint density at radius 3 is 1.40 bits per heavy atom. The van der Waals surface area contributed by atoms with Crippen molar-refractivity contribution in [2.24, 2.45) is 5.73 Å². The molecule has 0 atom stereocenters. The van der Waals surface area contributed by atoms with E-state index in [2.05, 4.69) is 9.47 Å². The second-order valence-corrected chi connectivity index (χ2v) is 2.23. The van der Waals surface area contributed by atoms with Gasteiger partial charge in [0.05, 0.1) is 13.2 Å². The second-order valence-electron chi connectivity index (χ2n) is 2.23. The summed E-state index contributed by atoms with van der Waals surface area (Å²) >= 11 is 0. The van der Waals surface area contributed by atoms with Crippen LogP contribution in [0.2, 0.25) is 0 Å². The van der Waals surface area contributed by atoms with Crippen molar-refractivity contribution < 1.29 is 9.47 Å². The van der Waals surface area contributed by atoms with Crippen LogP contribution in [0, 0.1) is 0 Å². The summed E-state index contributed by atoms with van der Waals surface area (Å²) in [5.74, 6) is 0. The van der Waals surface area contributed by atoms with Gasteiger partial charge in [-0.25, -0.2) is 0 Å². The SMILES string of the molecule is CC(C)N.COCCOC. The molecule has 0 fully saturated rings. The predicted octanol–water partition coefficient (Wildman–Crippen LogP) is 0.633. The lowest BCUT2D eigenvalue weighted by molar-refractivity contribution is 0.103. The van der Waals surface area contributed by atoms with Gasteiger partial charge in [-0.15, -0.1) is 0 Å². The van der Waals surface area contributed by atoms with E-state index < -0.39 is 0 Å². The summed E-state index contributed by atoms with van der Waals surface area (Å²) in [5, 5.41) is 0. The van der Waals surface area contributed by atoms with E-state index in [-0.39, 0.29) is 0 Å². The monoisotopic (exact) mass is 149 g/mol. The largest absolute Gasteiger partial charge is 0.382 e. The molecule has 0 amide bonds. The minimum absolute atomic E-state index is 0.333. The van der Waals surface area contributed by atoms with Crippen LogP contribution in [0.5, 0.6) is 0 Å². The van der Waals surface area contributed by atoms with Gasteiger partial charge >= 0.3 is 0 Å². The van der Waals surface area contributed by atoms with Crippen LogP contribution in [-0.2, 0) is 9.47 Å². The smallest absolute Gasteiger partial charge is 0.0696 e. The van der Waals surface area contributed by atoms with E-state index in [0.29, 0.717) is 19.3 Å². The highest BCUT2D eigenvalue weighted by Gasteiger charge is 1.73. The Kier molecular flexibility index (Phi) is 14.6. The second kappa shape index (κ2) is 11.6. The fourth-order valence-corrected chi connectivity index (χ4v) is 0.167. The van der Waals surface area contributed by atoms with E-state index >= 15 is 0 Å². The van der Waals surface area contributed by atoms with E-state index in [1.54, 1.807) is 14.2 Å². The van der Waals surface area contributed by atoms with Gasteiger partial charge in [0, 0.05) is 14.2 Å². The Bertz CT molecular complexity index is 42.1. The minimum atomic E-state index is 0.333. The van der Waals surface area contributed by atoms with Gasteiger partial charge in [0.1, 0.15) is 0 Å². The van der Waals surface area contributed by atoms with E-state index in [4.69, 9.17) is 5.73 Å². The van der Waals surface area contributed by atoms with E-state index in [0.717, 1.165) is 0 Å². The lowest BCUT2D eigenvalue weighted by Gasteiger charge is -1.91. The molecular formula is C7H19NO2. The Balaban J connectivity index is 0. The van der Waals surface area contributed by atoms with E-state index in [1.165, 1.54) is 0 Å². The average Bonchev–Trinajstić information content (AvgIpc) is 1.82. The fraction of sp³-hybridized carbons (Fsp3) is 1.00. The quantitative estimate of drug-likeness (QED) is 0.599. The van der Waals surface area contributed by atoms with Crippen molar-refractivity contribution in [2.75, 3.05) is 27.4 Å². The first kappa shape index (κ1) is 12.5. The zero-order valence-electron chi connectivity index (χ0n) is 7.39. The molecule has 0 bridgehead atoms. The molecule has 3 nitrogen and oxygen atoms in total. The Morgan fingerprint density at radius 2 is 1.30 bits per heavy atom. The molecule has 10 heavy (non-hydrogen) atoms. The lowest BCUT2D eigenvalue weighted by atomic mass is 10.5. The molecule has 64 valence electrons. The third-order valence-corrected chi connectivity index (χ3v) is 0.492. The Labute approximate surface area is 63.5 Å². The molecule has 3 heteroatoms. The molecule has 0 spiro atoms. The van der Waals surface area contributed by atoms with Crippen molar-refractivity contribution in [3.8, 4) is 0 Å². The summed E-state index contributed by atoms with van der Waals surface area (Å²) in [6, 6.07) is 0.333. The standard InChI is InChI=1S/C4H10O2.C3H9N/c1-5-3-4-6-2;1-3(2)4/h3-4H2,1-2H3;3H,4H2,1-2H3. The molecular weight excluding hydrogens is 130 g/mol. The molecule has 0 aromatic heterocycles. The highest BCUT2D eigenvalue weighted by atomic mass is 16.5. The zero-order valence-corrected chi connectivity index (χ0v) is 7.39. The average molecular weight is 149 g/mol. The van der Waals surface area contributed by atoms with Gasteiger partial charge in [-0.05, 0) is 6.04 Å². The number of nitrogens with two attached hydrogens (primary N) is 1. The van der Waals surface area contributed by atoms with Gasteiger partial charge < -0.3 is 15.2 Å². The third-order valence-electron chi connectivity index (χ3n) is 0.492. The van der Waals surface area contributed by atoms with Gasteiger partial charge in [-0.3, -0.25) is 0 Å². The molecule has 0 heterocycles. The maximum Gasteiger partial charge on any atom is 0.0696 e. The Morgan fingerprint density at radius 1 is 1.10 bits per heavy atom. The highest BCUT2D eigenvalue weighted by Crippen LogP contribution is 1.65. The summed E-state index contributed by atoms with van der Waals surface area (Å²) < 4.78 is 9.31. The summed E-state index contributed by atoms with van der Waals surface area (Å²) in [5.41, 5.74) is 5.11. The van der Waals surface area contributed by atoms with Crippen LogP contribution in [0.1, 0.15) is 13.8 Å². The highest BCUT2D eigenvalue weighted by molar-refractivity contribution is 4.32. The summed E-state index contributed by atoms with van der Waals surface area (Å²) in [6.45, 7) is 5.27. The van der Waals surface area contributed by atoms with Crippen molar-refractivity contribution in [3.63, 3.8) is 0 Å². The van der Waals surface area contributed by atoms with E-state index in [9.17, 15) is 0 Å². The van der Waals surface area contributed by atoms with E-state index in [1.807, 2.05) is 13.8 Å². The van der Waals surface area contributed by atoms with Crippen molar-refractivity contribution in [1.82, 2.24) is 0 Å². The zero-order chi connectivity index (χ0) is 8.41. The van der Waals surface area contributed by atoms with Crippen LogP contribution in [0.3, 0.4) is 0 Å². The minimum Gasteiger partial charge on any atom is -0.382 e. The van der Waals surface area contributed by atoms with Crippen molar-refractivity contribution in [3.05, 3.63) is 0 Å². The number of hydrogen-bond acceptors (Lipinski definition) is 3. The molecule has 2 N–H and O–H groups in total. The molecule has 0 aliphatic carbocycles. The van der Waals surface area contributed by atoms with Crippen LogP contribution < -0.4 is 5.73 Å². The first-order valence-electron chi connectivity index (χ1n) is 3.38. The summed E-state index contributed by atoms with van der Waals surface area (Å²) in [7, 11) is 3.30. The predicted molar refractivity (Wildman–Crippen MR) is 43.1 cm³/mol. The van der Waals surface area contributed by atoms with Crippen molar-refractivity contribution >= 4 is 0 Å². The molecule has 0 radical (unpaired) electrons.